The number of alkyl carbamates (subject to hydrolysis) is 2. The fraction of sp³-hybridized carbons (Fsp3) is 0.846. The minimum absolute atomic E-state index is 0. The van der Waals surface area contributed by atoms with Crippen LogP contribution in [0.3, 0.4) is 0 Å². The monoisotopic (exact) mass is 539 g/mol. The molecule has 0 aromatic rings. The maximum Gasteiger partial charge on any atom is 0.408 e. The van der Waals surface area contributed by atoms with Crippen LogP contribution in [-0.2, 0) is 23.8 Å². The molecule has 0 aromatic heterocycles. The first kappa shape index (κ1) is 39.0. The van der Waals surface area contributed by atoms with Gasteiger partial charge in [-0.1, -0.05) is 41.5 Å². The summed E-state index contributed by atoms with van der Waals surface area (Å²) in [6.07, 6.45) is -1.34. The van der Waals surface area contributed by atoms with Crippen LogP contribution in [0, 0.1) is 10.8 Å². The number of carboxylic acids is 1. The number of carboxylic acid groups (broad SMARTS) is 1. The zero-order valence-corrected chi connectivity index (χ0v) is 25.3. The quantitative estimate of drug-likeness (QED) is 0.285. The van der Waals surface area contributed by atoms with Crippen LogP contribution in [0.1, 0.15) is 98.4 Å². The highest BCUT2D eigenvalue weighted by Gasteiger charge is 2.23. The van der Waals surface area contributed by atoms with E-state index in [9.17, 15) is 19.2 Å². The fourth-order valence-electron chi connectivity index (χ4n) is 1.50. The molecule has 2 atom stereocenters. The number of amides is 2. The molecule has 11 nitrogen and oxygen atoms in total. The summed E-state index contributed by atoms with van der Waals surface area (Å²) in [7, 11) is 0. The molecule has 0 bridgehead atoms. The van der Waals surface area contributed by atoms with E-state index in [0.717, 1.165) is 0 Å². The number of hydrogen-bond acceptors (Lipinski definition) is 8. The molecule has 0 aliphatic rings. The molecule has 0 radical (unpaired) electrons. The number of aliphatic hydroxyl groups excluding tert-OH is 1. The van der Waals surface area contributed by atoms with Crippen molar-refractivity contribution in [2.75, 3.05) is 13.2 Å². The number of carbonyl (C=O) groups is 4. The highest BCUT2D eigenvalue weighted by Crippen LogP contribution is 2.13. The van der Waals surface area contributed by atoms with Gasteiger partial charge in [0.25, 0.3) is 0 Å². The Bertz CT molecular complexity index is 716. The van der Waals surface area contributed by atoms with Gasteiger partial charge in [-0.2, -0.15) is 0 Å². The molecule has 0 aromatic carbocycles. The van der Waals surface area contributed by atoms with Crippen LogP contribution in [0.2, 0.25) is 0 Å². The fourth-order valence-corrected chi connectivity index (χ4v) is 1.50. The van der Waals surface area contributed by atoms with Gasteiger partial charge in [0.05, 0.1) is 6.61 Å². The second-order valence-electron chi connectivity index (χ2n) is 13.0. The Hall–Kier alpha value is -2.56. The summed E-state index contributed by atoms with van der Waals surface area (Å²) in [4.78, 5) is 44.3. The third kappa shape index (κ3) is 31.4. The maximum atomic E-state index is 11.6. The number of aliphatic carboxylic acids is 1. The molecule has 0 saturated heterocycles. The van der Waals surface area contributed by atoms with Gasteiger partial charge in [0, 0.05) is 8.03 Å². The summed E-state index contributed by atoms with van der Waals surface area (Å²) >= 11 is 0. The van der Waals surface area contributed by atoms with Crippen LogP contribution in [0.15, 0.2) is 0 Å². The van der Waals surface area contributed by atoms with E-state index >= 15 is 0 Å². The van der Waals surface area contributed by atoms with Crippen molar-refractivity contribution in [3.63, 3.8) is 0 Å². The van der Waals surface area contributed by atoms with Crippen LogP contribution in [0.4, 0.5) is 9.59 Å². The number of nitrogens with one attached hydrogen (secondary N) is 2. The Labute approximate surface area is 224 Å². The average molecular weight is 540 g/mol. The topological polar surface area (TPSA) is 160 Å². The second kappa shape index (κ2) is 16.3. The number of esters is 1. The van der Waals surface area contributed by atoms with Gasteiger partial charge in [0.1, 0.15) is 23.3 Å². The lowest BCUT2D eigenvalue weighted by atomic mass is 9.99. The van der Waals surface area contributed by atoms with Gasteiger partial charge in [0.2, 0.25) is 0 Å². The summed E-state index contributed by atoms with van der Waals surface area (Å²) in [6.45, 7) is 25.8. The van der Waals surface area contributed by atoms with Crippen molar-refractivity contribution in [3.05, 3.63) is 0 Å². The largest absolute Gasteiger partial charge is 0.480 e. The number of ether oxygens (including phenoxy) is 3. The molecular weight excluding hydrogens is 484 g/mol. The summed E-state index contributed by atoms with van der Waals surface area (Å²) < 4.78 is 15.0. The average Bonchev–Trinajstić information content (AvgIpc) is 2.62. The molecule has 0 rings (SSSR count). The first-order valence-corrected chi connectivity index (χ1v) is 12.2. The Morgan fingerprint density at radius 3 is 1.27 bits per heavy atom. The van der Waals surface area contributed by atoms with E-state index in [4.69, 9.17) is 24.4 Å². The van der Waals surface area contributed by atoms with Gasteiger partial charge in [0.15, 0.2) is 0 Å². The molecule has 2 amide bonds. The van der Waals surface area contributed by atoms with Gasteiger partial charge in [-0.25, -0.2) is 14.4 Å². The van der Waals surface area contributed by atoms with E-state index < -0.39 is 47.4 Å². The van der Waals surface area contributed by atoms with E-state index in [1.807, 2.05) is 41.5 Å². The summed E-state index contributed by atoms with van der Waals surface area (Å²) in [6, 6.07) is -1.66. The van der Waals surface area contributed by atoms with E-state index in [-0.39, 0.29) is 18.9 Å². The molecule has 0 saturated carbocycles. The van der Waals surface area contributed by atoms with Gasteiger partial charge >= 0.3 is 24.1 Å². The van der Waals surface area contributed by atoms with Gasteiger partial charge in [-0.3, -0.25) is 4.79 Å². The van der Waals surface area contributed by atoms with Crippen molar-refractivity contribution >= 4 is 24.1 Å². The Morgan fingerprint density at radius 2 is 1.03 bits per heavy atom. The molecule has 0 unspecified atom stereocenters. The third-order valence-electron chi connectivity index (χ3n) is 3.31. The van der Waals surface area contributed by atoms with Crippen molar-refractivity contribution in [2.45, 2.75) is 120 Å². The van der Waals surface area contributed by atoms with E-state index in [1.165, 1.54) is 6.92 Å². The van der Waals surface area contributed by atoms with Gasteiger partial charge < -0.3 is 35.1 Å². The minimum Gasteiger partial charge on any atom is -0.480 e. The normalized spacial score (nSPS) is 13.3. The van der Waals surface area contributed by atoms with Gasteiger partial charge in [-0.15, -0.1) is 0 Å². The molecule has 222 valence electrons. The predicted octanol–water partition coefficient (Wildman–Crippen LogP) is 4.74. The number of carbonyl (C=O) groups excluding carboxylic acids is 3. The van der Waals surface area contributed by atoms with E-state index in [1.54, 1.807) is 48.5 Å². The lowest BCUT2D eigenvalue weighted by molar-refractivity contribution is -0.148. The molecule has 0 fully saturated rings. The molecule has 37 heavy (non-hydrogen) atoms. The highest BCUT2D eigenvalue weighted by molar-refractivity contribution is 5.81. The number of aliphatic hydroxyl groups is 1. The van der Waals surface area contributed by atoms with Crippen molar-refractivity contribution < 1.29 is 45.0 Å². The molecule has 11 heteroatoms. The molecule has 4 N–H and O–H groups in total. The SMILES string of the molecule is CC(C)(C)CO.C[C@H](NC(=O)OC(C)(C)C)C(=O)O.C[C@H](NC(=O)OC(C)(C)C)C(=O)OCC(C)(C)C.[2HH]. The Kier molecular flexibility index (Phi) is 17.2. The zero-order chi connectivity index (χ0) is 30.4. The van der Waals surface area contributed by atoms with Crippen molar-refractivity contribution in [3.8, 4) is 0 Å². The molecule has 0 spiro atoms. The first-order chi connectivity index (χ1) is 16.2. The van der Waals surface area contributed by atoms with Crippen molar-refractivity contribution in [1.29, 1.82) is 0 Å². The first-order valence-electron chi connectivity index (χ1n) is 12.2. The molecular formula is C26H54N2O9. The van der Waals surface area contributed by atoms with E-state index in [2.05, 4.69) is 10.6 Å². The number of rotatable bonds is 5. The Morgan fingerprint density at radius 1 is 0.703 bits per heavy atom. The van der Waals surface area contributed by atoms with Crippen LogP contribution >= 0.6 is 0 Å². The molecule has 0 aliphatic carbocycles. The smallest absolute Gasteiger partial charge is 0.408 e. The lowest BCUT2D eigenvalue weighted by Crippen LogP contribution is -2.43. The summed E-state index contributed by atoms with van der Waals surface area (Å²) in [5.41, 5.74) is -1.19. The molecule has 0 aliphatic heterocycles. The van der Waals surface area contributed by atoms with E-state index in [0.29, 0.717) is 6.61 Å². The van der Waals surface area contributed by atoms with Crippen molar-refractivity contribution in [2.24, 2.45) is 10.8 Å². The third-order valence-corrected chi connectivity index (χ3v) is 3.31. The molecule has 0 heterocycles. The predicted molar refractivity (Wildman–Crippen MR) is 144 cm³/mol. The summed E-state index contributed by atoms with van der Waals surface area (Å²) in [5, 5.41) is 21.5. The highest BCUT2D eigenvalue weighted by atomic mass is 16.6. The Balaban J connectivity index is -0.000000253. The summed E-state index contributed by atoms with van der Waals surface area (Å²) in [5.74, 6) is -1.55. The zero-order valence-electron chi connectivity index (χ0n) is 25.3. The maximum absolute atomic E-state index is 11.6. The minimum atomic E-state index is -1.09. The van der Waals surface area contributed by atoms with Gasteiger partial charge in [-0.05, 0) is 66.2 Å². The second-order valence-corrected chi connectivity index (χ2v) is 13.0. The van der Waals surface area contributed by atoms with Crippen LogP contribution in [-0.4, -0.2) is 70.8 Å². The standard InChI is InChI=1S/C13H25NO4.C8H15NO4.C5H12O.H2/c1-9(10(15)17-8-12(2,3)4)14-11(16)18-13(5,6)7;1-5(6(10)11)9-7(12)13-8(2,3)4;1-5(2,3)4-6;/h9H,8H2,1-7H3,(H,14,16);5H,1-4H3,(H,9,12)(H,10,11);6H,4H2,1-3H3;1H/t9-;5-;;/m00../s1/i;;;1+1. The number of hydrogen-bond donors (Lipinski definition) is 4. The van der Waals surface area contributed by atoms with Crippen molar-refractivity contribution in [1.82, 2.24) is 10.6 Å². The van der Waals surface area contributed by atoms with Crippen LogP contribution in [0.25, 0.3) is 0 Å². The van der Waals surface area contributed by atoms with Crippen LogP contribution in [0.5, 0.6) is 0 Å². The lowest BCUT2D eigenvalue weighted by Gasteiger charge is -2.22. The van der Waals surface area contributed by atoms with Crippen LogP contribution < -0.4 is 10.6 Å².